The van der Waals surface area contributed by atoms with Gasteiger partial charge in [-0.05, 0) is 81.6 Å². The Balaban J connectivity index is 1.17. The number of aliphatic hydroxyl groups excluding tert-OH is 8. The minimum Gasteiger partial charge on any atom is -0.481 e. The average molecular weight is 883 g/mol. The van der Waals surface area contributed by atoms with Crippen LogP contribution in [0.1, 0.15) is 33.4 Å². The van der Waals surface area contributed by atoms with Crippen molar-refractivity contribution in [3.63, 3.8) is 0 Å². The molecule has 0 bridgehead atoms. The monoisotopic (exact) mass is 882 g/mol. The number of aliphatic hydroxyl groups is 8. The molecule has 338 valence electrons. The summed E-state index contributed by atoms with van der Waals surface area (Å²) >= 11 is 0. The fourth-order valence-corrected chi connectivity index (χ4v) is 7.98. The molecule has 0 amide bonds. The molecule has 64 heavy (non-hydrogen) atoms. The Labute approximate surface area is 367 Å². The number of ether oxygens (including phenoxy) is 4. The van der Waals surface area contributed by atoms with Crippen molar-refractivity contribution in [2.75, 3.05) is 13.2 Å². The zero-order chi connectivity index (χ0) is 45.7. The van der Waals surface area contributed by atoms with Crippen LogP contribution < -0.4 is 9.47 Å². The predicted molar refractivity (Wildman–Crippen MR) is 227 cm³/mol. The number of carbonyl (C=O) groups is 2. The molecule has 0 spiro atoms. The minimum absolute atomic E-state index is 0.226. The number of hydrogen-bond acceptors (Lipinski definition) is 14. The molecular weight excluding hydrogens is 833 g/mol. The van der Waals surface area contributed by atoms with Crippen molar-refractivity contribution in [3.05, 3.63) is 143 Å². The molecule has 0 radical (unpaired) electrons. The van der Waals surface area contributed by atoms with E-state index in [-0.39, 0.29) is 24.3 Å². The summed E-state index contributed by atoms with van der Waals surface area (Å²) in [5.74, 6) is -1.56. The van der Waals surface area contributed by atoms with Crippen LogP contribution in [0.25, 0.3) is 22.3 Å². The van der Waals surface area contributed by atoms with Gasteiger partial charge in [-0.1, -0.05) is 84.9 Å². The molecule has 2 aliphatic rings. The quantitative estimate of drug-likeness (QED) is 0.0677. The zero-order valence-electron chi connectivity index (χ0n) is 34.3. The topological polar surface area (TPSA) is 273 Å². The van der Waals surface area contributed by atoms with Crippen molar-refractivity contribution in [1.82, 2.24) is 0 Å². The molecule has 16 nitrogen and oxygen atoms in total. The summed E-state index contributed by atoms with van der Waals surface area (Å²) in [5, 5.41) is 101. The highest BCUT2D eigenvalue weighted by molar-refractivity contribution is 5.76. The molecule has 10 unspecified atom stereocenters. The van der Waals surface area contributed by atoms with Gasteiger partial charge in [-0.2, -0.15) is 0 Å². The van der Waals surface area contributed by atoms with Crippen LogP contribution in [0.15, 0.2) is 109 Å². The van der Waals surface area contributed by atoms with E-state index in [0.717, 1.165) is 22.3 Å². The van der Waals surface area contributed by atoms with Crippen molar-refractivity contribution < 1.29 is 79.6 Å². The van der Waals surface area contributed by atoms with Gasteiger partial charge in [-0.3, -0.25) is 9.59 Å². The summed E-state index contributed by atoms with van der Waals surface area (Å²) in [6.07, 6.45) is -14.6. The Morgan fingerprint density at radius 1 is 0.453 bits per heavy atom. The normalized spacial score (nSPS) is 25.7. The number of benzene rings is 5. The van der Waals surface area contributed by atoms with Crippen LogP contribution in [0.3, 0.4) is 0 Å². The molecule has 2 saturated heterocycles. The lowest BCUT2D eigenvalue weighted by atomic mass is 9.94. The molecule has 5 aromatic carbocycles. The highest BCUT2D eigenvalue weighted by Gasteiger charge is 2.46. The van der Waals surface area contributed by atoms with E-state index in [1.54, 1.807) is 60.7 Å². The lowest BCUT2D eigenvalue weighted by Gasteiger charge is -2.39. The smallest absolute Gasteiger partial charge is 0.307 e. The van der Waals surface area contributed by atoms with Gasteiger partial charge in [0, 0.05) is 11.1 Å². The van der Waals surface area contributed by atoms with Gasteiger partial charge in [0.25, 0.3) is 0 Å². The Morgan fingerprint density at radius 3 is 1.22 bits per heavy atom. The summed E-state index contributed by atoms with van der Waals surface area (Å²) in [6.45, 7) is -1.27. The molecule has 0 aromatic heterocycles. The van der Waals surface area contributed by atoms with Gasteiger partial charge in [-0.25, -0.2) is 0 Å². The summed E-state index contributed by atoms with van der Waals surface area (Å²) in [4.78, 5) is 23.1. The number of carboxylic acids is 2. The van der Waals surface area contributed by atoms with Gasteiger partial charge in [0.15, 0.2) is 0 Å². The minimum atomic E-state index is -1.66. The second kappa shape index (κ2) is 20.4. The van der Waals surface area contributed by atoms with E-state index in [4.69, 9.17) is 18.9 Å². The first-order valence-electron chi connectivity index (χ1n) is 20.6. The third-order valence-corrected chi connectivity index (χ3v) is 11.3. The Kier molecular flexibility index (Phi) is 14.7. The van der Waals surface area contributed by atoms with Crippen LogP contribution in [-0.4, -0.2) is 138 Å². The van der Waals surface area contributed by atoms with Gasteiger partial charge in [0.2, 0.25) is 12.6 Å². The number of rotatable bonds is 16. The first-order chi connectivity index (χ1) is 30.7. The van der Waals surface area contributed by atoms with E-state index >= 15 is 0 Å². The fraction of sp³-hybridized carbons (Fsp3) is 0.333. The third kappa shape index (κ3) is 10.8. The third-order valence-electron chi connectivity index (χ3n) is 11.3. The van der Waals surface area contributed by atoms with Crippen molar-refractivity contribution in [2.45, 2.75) is 87.1 Å². The van der Waals surface area contributed by atoms with Crippen LogP contribution in [0, 0.1) is 0 Å². The Hall–Kier alpha value is -5.76. The SMILES string of the molecule is O=C(O)Cc1cccc(-c2cc(Cc3cccc(Cc4ccc(OC5OC(CO)C(O)C(O)C5O)c(-c5cccc(CC(=O)O)c5)c4)c3)ccc2OC2OC(CO)C(O)C(O)C2O)c1. The first-order valence-corrected chi connectivity index (χ1v) is 20.6. The second-order valence-corrected chi connectivity index (χ2v) is 16.0. The molecule has 2 heterocycles. The van der Waals surface area contributed by atoms with Crippen molar-refractivity contribution >= 4 is 11.9 Å². The first kappa shape index (κ1) is 46.2. The Bertz CT molecular complexity index is 2260. The van der Waals surface area contributed by atoms with Gasteiger partial charge in [0.1, 0.15) is 60.3 Å². The van der Waals surface area contributed by atoms with Crippen LogP contribution >= 0.6 is 0 Å². The molecule has 10 atom stereocenters. The average Bonchev–Trinajstić information content (AvgIpc) is 3.27. The van der Waals surface area contributed by atoms with Crippen molar-refractivity contribution in [2.24, 2.45) is 0 Å². The fourth-order valence-electron chi connectivity index (χ4n) is 7.98. The summed E-state index contributed by atoms with van der Waals surface area (Å²) in [7, 11) is 0. The summed E-state index contributed by atoms with van der Waals surface area (Å²) in [5.41, 5.74) is 6.91. The lowest BCUT2D eigenvalue weighted by Crippen LogP contribution is -2.60. The molecular formula is C48H50O16. The van der Waals surface area contributed by atoms with E-state index in [9.17, 15) is 60.7 Å². The van der Waals surface area contributed by atoms with Crippen LogP contribution in [0.2, 0.25) is 0 Å². The van der Waals surface area contributed by atoms with Crippen LogP contribution in [-0.2, 0) is 44.7 Å². The molecule has 0 saturated carbocycles. The van der Waals surface area contributed by atoms with Gasteiger partial charge in [-0.15, -0.1) is 0 Å². The number of hydrogen-bond donors (Lipinski definition) is 10. The largest absolute Gasteiger partial charge is 0.481 e. The van der Waals surface area contributed by atoms with E-state index < -0.39 is 86.6 Å². The van der Waals surface area contributed by atoms with Crippen molar-refractivity contribution in [3.8, 4) is 33.8 Å². The highest BCUT2D eigenvalue weighted by Crippen LogP contribution is 2.37. The summed E-state index contributed by atoms with van der Waals surface area (Å²) in [6, 6.07) is 32.4. The molecule has 2 aliphatic heterocycles. The van der Waals surface area contributed by atoms with E-state index in [1.165, 1.54) is 0 Å². The Morgan fingerprint density at radius 2 is 0.828 bits per heavy atom. The summed E-state index contributed by atoms with van der Waals surface area (Å²) < 4.78 is 23.4. The maximum absolute atomic E-state index is 11.6. The molecule has 16 heteroatoms. The maximum Gasteiger partial charge on any atom is 0.307 e. The van der Waals surface area contributed by atoms with Crippen LogP contribution in [0.5, 0.6) is 11.5 Å². The van der Waals surface area contributed by atoms with Gasteiger partial charge in [0.05, 0.1) is 26.1 Å². The molecule has 5 aromatic rings. The lowest BCUT2D eigenvalue weighted by molar-refractivity contribution is -0.277. The molecule has 10 N–H and O–H groups in total. The number of carboxylic acid groups (broad SMARTS) is 2. The standard InChI is InChI=1S/C48H50O16/c49-23-37-41(55)43(57)45(59)47(63-37)61-35-12-10-29(19-33(35)31-8-2-6-27(17-31)21-39(51)52)15-25-4-1-5-26(14-25)16-30-11-13-36(62-48-46(60)44(58)42(56)38(24-50)64-48)34(20-30)32-9-3-7-28(18-32)22-40(53)54/h1-14,17-20,37-38,41-50,55-60H,15-16,21-24H2,(H,51,52)(H,53,54). The van der Waals surface area contributed by atoms with Crippen LogP contribution in [0.4, 0.5) is 0 Å². The van der Waals surface area contributed by atoms with E-state index in [1.807, 2.05) is 48.5 Å². The van der Waals surface area contributed by atoms with Gasteiger partial charge >= 0.3 is 11.9 Å². The molecule has 0 aliphatic carbocycles. The molecule has 2 fully saturated rings. The highest BCUT2D eigenvalue weighted by atomic mass is 16.7. The molecule has 7 rings (SSSR count). The van der Waals surface area contributed by atoms with E-state index in [2.05, 4.69) is 0 Å². The number of aliphatic carboxylic acids is 2. The maximum atomic E-state index is 11.6. The second-order valence-electron chi connectivity index (χ2n) is 16.0. The van der Waals surface area contributed by atoms with Crippen molar-refractivity contribution in [1.29, 1.82) is 0 Å². The van der Waals surface area contributed by atoms with Gasteiger partial charge < -0.3 is 70.0 Å². The van der Waals surface area contributed by atoms with E-state index in [0.29, 0.717) is 46.2 Å². The predicted octanol–water partition coefficient (Wildman–Crippen LogP) is 1.81. The zero-order valence-corrected chi connectivity index (χ0v) is 34.3.